The Morgan fingerprint density at radius 1 is 1.00 bits per heavy atom. The van der Waals surface area contributed by atoms with Crippen LogP contribution in [0.15, 0.2) is 30.3 Å². The average Bonchev–Trinajstić information content (AvgIpc) is 2.49. The van der Waals surface area contributed by atoms with Gasteiger partial charge in [-0.2, -0.15) is 0 Å². The molecule has 1 atom stereocenters. The molecule has 0 saturated carbocycles. The lowest BCUT2D eigenvalue weighted by molar-refractivity contribution is 0.0980. The summed E-state index contributed by atoms with van der Waals surface area (Å²) in [6, 6.07) is 10.7. The summed E-state index contributed by atoms with van der Waals surface area (Å²) in [5.41, 5.74) is 1.40. The lowest BCUT2D eigenvalue weighted by Crippen LogP contribution is -2.26. The predicted octanol–water partition coefficient (Wildman–Crippen LogP) is 3.46. The first-order chi connectivity index (χ1) is 10.2. The molecule has 21 heavy (non-hydrogen) atoms. The summed E-state index contributed by atoms with van der Waals surface area (Å²) in [7, 11) is 1.73. The smallest absolute Gasteiger partial charge is 0.0487 e. The van der Waals surface area contributed by atoms with Gasteiger partial charge in [0.15, 0.2) is 0 Å². The zero-order valence-corrected chi connectivity index (χ0v) is 13.8. The molecule has 0 aromatic heterocycles. The van der Waals surface area contributed by atoms with E-state index >= 15 is 0 Å². The molecule has 0 bridgehead atoms. The van der Waals surface area contributed by atoms with Gasteiger partial charge in [0.25, 0.3) is 0 Å². The first kappa shape index (κ1) is 18.1. The van der Waals surface area contributed by atoms with Crippen molar-refractivity contribution in [2.75, 3.05) is 40.0 Å². The van der Waals surface area contributed by atoms with Crippen LogP contribution in [0.1, 0.15) is 38.2 Å². The van der Waals surface area contributed by atoms with Crippen LogP contribution in [-0.2, 0) is 9.47 Å². The fourth-order valence-corrected chi connectivity index (χ4v) is 2.29. The summed E-state index contributed by atoms with van der Waals surface area (Å²) in [6.07, 6.45) is 2.03. The summed E-state index contributed by atoms with van der Waals surface area (Å²) in [6.45, 7) is 8.94. The normalized spacial score (nSPS) is 12.8. The van der Waals surface area contributed by atoms with Crippen molar-refractivity contribution in [3.63, 3.8) is 0 Å². The first-order valence-corrected chi connectivity index (χ1v) is 8.06. The summed E-state index contributed by atoms with van der Waals surface area (Å²) in [5.74, 6) is 1.21. The van der Waals surface area contributed by atoms with Crippen LogP contribution in [-0.4, -0.2) is 40.0 Å². The van der Waals surface area contributed by atoms with Crippen molar-refractivity contribution in [2.45, 2.75) is 32.6 Å². The number of hydrogen-bond acceptors (Lipinski definition) is 3. The summed E-state index contributed by atoms with van der Waals surface area (Å²) in [5, 5.41) is 3.57. The summed E-state index contributed by atoms with van der Waals surface area (Å²) in [4.78, 5) is 0. The van der Waals surface area contributed by atoms with E-state index in [1.165, 1.54) is 5.56 Å². The third-order valence-corrected chi connectivity index (χ3v) is 3.46. The SMILES string of the molecule is COCCCOCCC(CNCC(C)C)c1ccccc1. The summed E-state index contributed by atoms with van der Waals surface area (Å²) < 4.78 is 10.7. The lowest BCUT2D eigenvalue weighted by Gasteiger charge is -2.19. The van der Waals surface area contributed by atoms with Gasteiger partial charge in [-0.05, 0) is 36.8 Å². The van der Waals surface area contributed by atoms with E-state index in [0.717, 1.165) is 45.8 Å². The van der Waals surface area contributed by atoms with Crippen molar-refractivity contribution in [1.29, 1.82) is 0 Å². The molecule has 0 saturated heterocycles. The minimum Gasteiger partial charge on any atom is -0.385 e. The van der Waals surface area contributed by atoms with E-state index in [0.29, 0.717) is 11.8 Å². The van der Waals surface area contributed by atoms with Gasteiger partial charge in [0.1, 0.15) is 0 Å². The topological polar surface area (TPSA) is 30.5 Å². The second-order valence-electron chi connectivity index (χ2n) is 5.91. The second kappa shape index (κ2) is 11.7. The third kappa shape index (κ3) is 8.86. The number of ether oxygens (including phenoxy) is 2. The van der Waals surface area contributed by atoms with Crippen LogP contribution in [0, 0.1) is 5.92 Å². The van der Waals surface area contributed by atoms with Gasteiger partial charge in [-0.3, -0.25) is 0 Å². The maximum atomic E-state index is 5.71. The Bertz CT molecular complexity index is 340. The molecule has 3 nitrogen and oxygen atoms in total. The monoisotopic (exact) mass is 293 g/mol. The lowest BCUT2D eigenvalue weighted by atomic mass is 9.96. The van der Waals surface area contributed by atoms with Crippen LogP contribution in [0.3, 0.4) is 0 Å². The largest absolute Gasteiger partial charge is 0.385 e. The molecule has 0 spiro atoms. The van der Waals surface area contributed by atoms with E-state index in [4.69, 9.17) is 9.47 Å². The van der Waals surface area contributed by atoms with Crippen molar-refractivity contribution in [2.24, 2.45) is 5.92 Å². The average molecular weight is 293 g/mol. The molecule has 120 valence electrons. The van der Waals surface area contributed by atoms with Crippen molar-refractivity contribution in [3.05, 3.63) is 35.9 Å². The second-order valence-corrected chi connectivity index (χ2v) is 5.91. The van der Waals surface area contributed by atoms with Gasteiger partial charge in [0.2, 0.25) is 0 Å². The molecular weight excluding hydrogens is 262 g/mol. The van der Waals surface area contributed by atoms with Crippen LogP contribution in [0.4, 0.5) is 0 Å². The molecule has 0 heterocycles. The molecule has 0 amide bonds. The van der Waals surface area contributed by atoms with Gasteiger partial charge in [-0.15, -0.1) is 0 Å². The van der Waals surface area contributed by atoms with Crippen molar-refractivity contribution >= 4 is 0 Å². The van der Waals surface area contributed by atoms with E-state index in [-0.39, 0.29) is 0 Å². The highest BCUT2D eigenvalue weighted by molar-refractivity contribution is 5.19. The number of nitrogens with one attached hydrogen (secondary N) is 1. The highest BCUT2D eigenvalue weighted by Gasteiger charge is 2.11. The Hall–Kier alpha value is -0.900. The molecule has 0 radical (unpaired) electrons. The standard InChI is InChI=1S/C18H31NO2/c1-16(2)14-19-15-18(17-8-5-4-6-9-17)10-13-21-12-7-11-20-3/h4-6,8-9,16,18-19H,7,10-15H2,1-3H3. The summed E-state index contributed by atoms with van der Waals surface area (Å²) >= 11 is 0. The molecule has 0 fully saturated rings. The van der Waals surface area contributed by atoms with E-state index in [1.807, 2.05) is 0 Å². The molecule has 0 aliphatic rings. The molecule has 1 N–H and O–H groups in total. The number of rotatable bonds is 12. The minimum absolute atomic E-state index is 0.521. The van der Waals surface area contributed by atoms with Crippen LogP contribution < -0.4 is 5.32 Å². The Morgan fingerprint density at radius 2 is 1.76 bits per heavy atom. The molecular formula is C18H31NO2. The van der Waals surface area contributed by atoms with Crippen LogP contribution >= 0.6 is 0 Å². The Morgan fingerprint density at radius 3 is 2.43 bits per heavy atom. The van der Waals surface area contributed by atoms with Crippen LogP contribution in [0.2, 0.25) is 0 Å². The van der Waals surface area contributed by atoms with Crippen LogP contribution in [0.5, 0.6) is 0 Å². The van der Waals surface area contributed by atoms with Crippen molar-refractivity contribution in [1.82, 2.24) is 5.32 Å². The van der Waals surface area contributed by atoms with Gasteiger partial charge >= 0.3 is 0 Å². The number of methoxy groups -OCH3 is 1. The highest BCUT2D eigenvalue weighted by Crippen LogP contribution is 2.18. The third-order valence-electron chi connectivity index (χ3n) is 3.46. The maximum absolute atomic E-state index is 5.71. The predicted molar refractivity (Wildman–Crippen MR) is 88.8 cm³/mol. The van der Waals surface area contributed by atoms with Gasteiger partial charge in [-0.1, -0.05) is 44.2 Å². The molecule has 0 aliphatic carbocycles. The maximum Gasteiger partial charge on any atom is 0.0487 e. The van der Waals surface area contributed by atoms with Gasteiger partial charge < -0.3 is 14.8 Å². The molecule has 3 heteroatoms. The van der Waals surface area contributed by atoms with Gasteiger partial charge in [0.05, 0.1) is 0 Å². The fourth-order valence-electron chi connectivity index (χ4n) is 2.29. The Labute approximate surface area is 130 Å². The molecule has 1 rings (SSSR count). The first-order valence-electron chi connectivity index (χ1n) is 8.06. The van der Waals surface area contributed by atoms with Crippen molar-refractivity contribution < 1.29 is 9.47 Å². The van der Waals surface area contributed by atoms with Gasteiger partial charge in [0, 0.05) is 33.5 Å². The zero-order chi connectivity index (χ0) is 15.3. The van der Waals surface area contributed by atoms with E-state index < -0.39 is 0 Å². The Kier molecular flexibility index (Phi) is 10.1. The molecule has 1 aromatic carbocycles. The van der Waals surface area contributed by atoms with E-state index in [1.54, 1.807) is 7.11 Å². The molecule has 1 unspecified atom stereocenters. The van der Waals surface area contributed by atoms with E-state index in [9.17, 15) is 0 Å². The van der Waals surface area contributed by atoms with Crippen molar-refractivity contribution in [3.8, 4) is 0 Å². The molecule has 0 aliphatic heterocycles. The van der Waals surface area contributed by atoms with E-state index in [2.05, 4.69) is 49.5 Å². The number of hydrogen-bond donors (Lipinski definition) is 1. The quantitative estimate of drug-likeness (QED) is 0.599. The molecule has 1 aromatic rings. The Balaban J connectivity index is 2.34. The number of benzene rings is 1. The fraction of sp³-hybridized carbons (Fsp3) is 0.667. The van der Waals surface area contributed by atoms with Gasteiger partial charge in [-0.25, -0.2) is 0 Å². The highest BCUT2D eigenvalue weighted by atomic mass is 16.5. The van der Waals surface area contributed by atoms with Crippen LogP contribution in [0.25, 0.3) is 0 Å². The zero-order valence-electron chi connectivity index (χ0n) is 13.8. The minimum atomic E-state index is 0.521.